The Morgan fingerprint density at radius 3 is 2.52 bits per heavy atom. The summed E-state index contributed by atoms with van der Waals surface area (Å²) in [6, 6.07) is 9.24. The number of halogens is 1. The lowest BCUT2D eigenvalue weighted by Crippen LogP contribution is -2.49. The van der Waals surface area contributed by atoms with Gasteiger partial charge in [-0.1, -0.05) is 29.8 Å². The second-order valence-electron chi connectivity index (χ2n) is 6.49. The van der Waals surface area contributed by atoms with Gasteiger partial charge in [-0.15, -0.1) is 24.0 Å². The van der Waals surface area contributed by atoms with Crippen molar-refractivity contribution < 1.29 is 4.74 Å². The van der Waals surface area contributed by atoms with Crippen molar-refractivity contribution in [2.45, 2.75) is 32.2 Å². The third kappa shape index (κ3) is 8.37. The fraction of sp³-hybridized carbons (Fsp3) is 0.632. The second-order valence-corrected chi connectivity index (χ2v) is 6.49. The normalized spacial score (nSPS) is 16.4. The molecule has 142 valence electrons. The van der Waals surface area contributed by atoms with Crippen molar-refractivity contribution in [2.75, 3.05) is 46.9 Å². The highest BCUT2D eigenvalue weighted by atomic mass is 127. The van der Waals surface area contributed by atoms with Gasteiger partial charge in [0.15, 0.2) is 5.96 Å². The Kier molecular flexibility index (Phi) is 11.1. The zero-order chi connectivity index (χ0) is 17.2. The van der Waals surface area contributed by atoms with E-state index < -0.39 is 0 Å². The van der Waals surface area contributed by atoms with E-state index in [0.29, 0.717) is 6.04 Å². The van der Waals surface area contributed by atoms with E-state index in [2.05, 4.69) is 51.7 Å². The number of likely N-dealkylation sites (tertiary alicyclic amines) is 1. The van der Waals surface area contributed by atoms with Gasteiger partial charge in [-0.2, -0.15) is 0 Å². The molecular formula is C19H33IN4O. The molecule has 6 heteroatoms. The van der Waals surface area contributed by atoms with E-state index in [1.165, 1.54) is 11.1 Å². The van der Waals surface area contributed by atoms with Gasteiger partial charge in [-0.05, 0) is 31.7 Å². The smallest absolute Gasteiger partial charge is 0.191 e. The van der Waals surface area contributed by atoms with E-state index in [9.17, 15) is 0 Å². The summed E-state index contributed by atoms with van der Waals surface area (Å²) in [5.41, 5.74) is 2.66. The van der Waals surface area contributed by atoms with Crippen LogP contribution in [0.1, 0.15) is 24.0 Å². The summed E-state index contributed by atoms with van der Waals surface area (Å²) in [7, 11) is 3.61. The highest BCUT2D eigenvalue weighted by Gasteiger charge is 2.19. The molecule has 1 heterocycles. The molecule has 2 rings (SSSR count). The number of rotatable bonds is 7. The predicted octanol–water partition coefficient (Wildman–Crippen LogP) is 2.43. The number of hydrogen-bond donors (Lipinski definition) is 2. The summed E-state index contributed by atoms with van der Waals surface area (Å²) in [6.45, 7) is 7.12. The number of aryl methyl sites for hydroxylation is 1. The van der Waals surface area contributed by atoms with Crippen LogP contribution in [0.5, 0.6) is 0 Å². The summed E-state index contributed by atoms with van der Waals surface area (Å²) in [6.07, 6.45) is 3.32. The van der Waals surface area contributed by atoms with Crippen LogP contribution in [0.25, 0.3) is 0 Å². The first-order valence-corrected chi connectivity index (χ1v) is 8.95. The lowest BCUT2D eigenvalue weighted by atomic mass is 10.1. The van der Waals surface area contributed by atoms with E-state index in [4.69, 9.17) is 4.74 Å². The van der Waals surface area contributed by atoms with Gasteiger partial charge in [0.25, 0.3) is 0 Å². The molecule has 2 N–H and O–H groups in total. The quantitative estimate of drug-likeness (QED) is 0.373. The SMILES string of the molecule is CN=C(NCCc1ccc(C)cc1)NC1CCN(CCOC)CC1.I. The summed E-state index contributed by atoms with van der Waals surface area (Å²) in [5.74, 6) is 0.914. The third-order valence-electron chi connectivity index (χ3n) is 4.59. The van der Waals surface area contributed by atoms with Crippen molar-refractivity contribution in [3.63, 3.8) is 0 Å². The van der Waals surface area contributed by atoms with E-state index in [1.807, 2.05) is 7.05 Å². The Hall–Kier alpha value is -0.860. The topological polar surface area (TPSA) is 48.9 Å². The van der Waals surface area contributed by atoms with Crippen molar-refractivity contribution in [1.29, 1.82) is 0 Å². The van der Waals surface area contributed by atoms with Crippen LogP contribution in [0.15, 0.2) is 29.3 Å². The number of benzene rings is 1. The predicted molar refractivity (Wildman–Crippen MR) is 116 cm³/mol. The highest BCUT2D eigenvalue weighted by Crippen LogP contribution is 2.09. The fourth-order valence-corrected chi connectivity index (χ4v) is 2.99. The maximum Gasteiger partial charge on any atom is 0.191 e. The summed E-state index contributed by atoms with van der Waals surface area (Å²) in [4.78, 5) is 6.82. The minimum atomic E-state index is 0. The Morgan fingerprint density at radius 2 is 1.92 bits per heavy atom. The maximum atomic E-state index is 5.15. The van der Waals surface area contributed by atoms with Gasteiger partial charge < -0.3 is 20.3 Å². The van der Waals surface area contributed by atoms with Gasteiger partial charge >= 0.3 is 0 Å². The molecule has 5 nitrogen and oxygen atoms in total. The van der Waals surface area contributed by atoms with Crippen LogP contribution in [-0.4, -0.2) is 63.8 Å². The van der Waals surface area contributed by atoms with Gasteiger partial charge in [-0.25, -0.2) is 0 Å². The molecule has 1 aromatic rings. The first-order chi connectivity index (χ1) is 11.7. The molecule has 0 aliphatic carbocycles. The lowest BCUT2D eigenvalue weighted by Gasteiger charge is -2.32. The number of piperidine rings is 1. The molecule has 0 amide bonds. The summed E-state index contributed by atoms with van der Waals surface area (Å²) >= 11 is 0. The standard InChI is InChI=1S/C19H32N4O.HI/c1-16-4-6-17(7-5-16)8-11-21-19(20-2)22-18-9-12-23(13-10-18)14-15-24-3;/h4-7,18H,8-15H2,1-3H3,(H2,20,21,22);1H. The number of guanidine groups is 1. The van der Waals surface area contributed by atoms with Gasteiger partial charge in [0.1, 0.15) is 0 Å². The van der Waals surface area contributed by atoms with E-state index in [0.717, 1.165) is 58.0 Å². The molecule has 1 aliphatic rings. The Balaban J connectivity index is 0.00000312. The minimum Gasteiger partial charge on any atom is -0.383 e. The Bertz CT molecular complexity index is 499. The zero-order valence-corrected chi connectivity index (χ0v) is 18.1. The zero-order valence-electron chi connectivity index (χ0n) is 15.8. The van der Waals surface area contributed by atoms with Crippen LogP contribution >= 0.6 is 24.0 Å². The van der Waals surface area contributed by atoms with Crippen LogP contribution in [0, 0.1) is 6.92 Å². The maximum absolute atomic E-state index is 5.15. The largest absolute Gasteiger partial charge is 0.383 e. The number of methoxy groups -OCH3 is 1. The first kappa shape index (κ1) is 22.2. The summed E-state index contributed by atoms with van der Waals surface area (Å²) in [5, 5.41) is 6.99. The molecule has 1 fully saturated rings. The number of ether oxygens (including phenoxy) is 1. The van der Waals surface area contributed by atoms with Crippen LogP contribution in [0.3, 0.4) is 0 Å². The molecule has 1 aliphatic heterocycles. The molecule has 0 saturated carbocycles. The molecule has 0 radical (unpaired) electrons. The average Bonchev–Trinajstić information content (AvgIpc) is 2.62. The molecule has 25 heavy (non-hydrogen) atoms. The van der Waals surface area contributed by atoms with Crippen LogP contribution in [0.2, 0.25) is 0 Å². The molecule has 0 spiro atoms. The van der Waals surface area contributed by atoms with Crippen molar-refractivity contribution in [3.05, 3.63) is 35.4 Å². The average molecular weight is 460 g/mol. The van der Waals surface area contributed by atoms with E-state index >= 15 is 0 Å². The fourth-order valence-electron chi connectivity index (χ4n) is 2.99. The second kappa shape index (κ2) is 12.5. The minimum absolute atomic E-state index is 0. The molecular weight excluding hydrogens is 427 g/mol. The van der Waals surface area contributed by atoms with Gasteiger partial charge in [0.05, 0.1) is 6.61 Å². The highest BCUT2D eigenvalue weighted by molar-refractivity contribution is 14.0. The van der Waals surface area contributed by atoms with Gasteiger partial charge in [0, 0.05) is 46.4 Å². The van der Waals surface area contributed by atoms with Crippen LogP contribution in [0.4, 0.5) is 0 Å². The monoisotopic (exact) mass is 460 g/mol. The third-order valence-corrected chi connectivity index (χ3v) is 4.59. The number of nitrogens with one attached hydrogen (secondary N) is 2. The molecule has 0 bridgehead atoms. The van der Waals surface area contributed by atoms with E-state index in [1.54, 1.807) is 7.11 Å². The van der Waals surface area contributed by atoms with E-state index in [-0.39, 0.29) is 24.0 Å². The van der Waals surface area contributed by atoms with Crippen molar-refractivity contribution in [3.8, 4) is 0 Å². The van der Waals surface area contributed by atoms with Crippen molar-refractivity contribution in [1.82, 2.24) is 15.5 Å². The van der Waals surface area contributed by atoms with Crippen molar-refractivity contribution in [2.24, 2.45) is 4.99 Å². The molecule has 0 aromatic heterocycles. The number of hydrogen-bond acceptors (Lipinski definition) is 3. The number of nitrogens with zero attached hydrogens (tertiary/aromatic N) is 2. The van der Waals surface area contributed by atoms with Crippen LogP contribution in [-0.2, 0) is 11.2 Å². The van der Waals surface area contributed by atoms with Gasteiger partial charge in [-0.3, -0.25) is 4.99 Å². The first-order valence-electron chi connectivity index (χ1n) is 8.95. The van der Waals surface area contributed by atoms with Crippen molar-refractivity contribution >= 4 is 29.9 Å². The summed E-state index contributed by atoms with van der Waals surface area (Å²) < 4.78 is 5.15. The number of aliphatic imine (C=N–C) groups is 1. The Labute approximate surface area is 169 Å². The molecule has 0 unspecified atom stereocenters. The Morgan fingerprint density at radius 1 is 1.24 bits per heavy atom. The van der Waals surface area contributed by atoms with Gasteiger partial charge in [0.2, 0.25) is 0 Å². The van der Waals surface area contributed by atoms with Crippen LogP contribution < -0.4 is 10.6 Å². The lowest BCUT2D eigenvalue weighted by molar-refractivity contribution is 0.128. The molecule has 0 atom stereocenters. The molecule has 1 saturated heterocycles. The molecule has 1 aromatic carbocycles.